The predicted molar refractivity (Wildman–Crippen MR) is 81.2 cm³/mol. The van der Waals surface area contributed by atoms with Crippen LogP contribution >= 0.6 is 15.9 Å². The number of benzene rings is 1. The van der Waals surface area contributed by atoms with Crippen molar-refractivity contribution in [2.75, 3.05) is 13.1 Å². The van der Waals surface area contributed by atoms with Crippen LogP contribution in [0.15, 0.2) is 33.3 Å². The zero-order chi connectivity index (χ0) is 13.7. The van der Waals surface area contributed by atoms with E-state index in [0.717, 1.165) is 47.6 Å². The third-order valence-electron chi connectivity index (χ3n) is 2.96. The fraction of sp³-hybridized carbons (Fsp3) is 0.400. The molecule has 0 aliphatic rings. The fourth-order valence-corrected chi connectivity index (χ4v) is 2.27. The van der Waals surface area contributed by atoms with Crippen LogP contribution in [0, 0.1) is 6.92 Å². The zero-order valence-electron chi connectivity index (χ0n) is 11.4. The van der Waals surface area contributed by atoms with Gasteiger partial charge in [-0.15, -0.1) is 0 Å². The van der Waals surface area contributed by atoms with Crippen molar-refractivity contribution in [3.63, 3.8) is 0 Å². The minimum Gasteiger partial charge on any atom is -0.441 e. The standard InChI is InChI=1S/C15H19BrN2O/c1-3-7-17-8-6-15-18-10-14(19-15)13-9-12(16)5-4-11(13)2/h4-5,9-10,17H,3,6-8H2,1-2H3. The summed E-state index contributed by atoms with van der Waals surface area (Å²) in [7, 11) is 0. The Labute approximate surface area is 122 Å². The molecule has 1 N–H and O–H groups in total. The van der Waals surface area contributed by atoms with Gasteiger partial charge in [0.1, 0.15) is 0 Å². The second-order valence-corrected chi connectivity index (χ2v) is 5.49. The Morgan fingerprint density at radius 3 is 2.95 bits per heavy atom. The largest absolute Gasteiger partial charge is 0.441 e. The molecule has 4 heteroatoms. The summed E-state index contributed by atoms with van der Waals surface area (Å²) >= 11 is 3.49. The van der Waals surface area contributed by atoms with E-state index in [4.69, 9.17) is 4.42 Å². The molecule has 1 heterocycles. The monoisotopic (exact) mass is 322 g/mol. The summed E-state index contributed by atoms with van der Waals surface area (Å²) in [5.74, 6) is 1.63. The smallest absolute Gasteiger partial charge is 0.196 e. The quantitative estimate of drug-likeness (QED) is 0.818. The maximum Gasteiger partial charge on any atom is 0.196 e. The molecule has 0 aliphatic heterocycles. The van der Waals surface area contributed by atoms with Crippen LogP contribution in [0.2, 0.25) is 0 Å². The van der Waals surface area contributed by atoms with Gasteiger partial charge in [0, 0.05) is 23.0 Å². The SMILES string of the molecule is CCCNCCc1ncc(-c2cc(Br)ccc2C)o1. The molecule has 0 bridgehead atoms. The summed E-state index contributed by atoms with van der Waals surface area (Å²) in [6, 6.07) is 6.17. The van der Waals surface area contributed by atoms with Crippen molar-refractivity contribution in [2.45, 2.75) is 26.7 Å². The Hall–Kier alpha value is -1.13. The van der Waals surface area contributed by atoms with E-state index < -0.39 is 0 Å². The Kier molecular flexibility index (Phi) is 5.16. The first-order chi connectivity index (χ1) is 9.20. The van der Waals surface area contributed by atoms with Crippen molar-refractivity contribution in [1.29, 1.82) is 0 Å². The molecule has 0 spiro atoms. The molecule has 0 saturated carbocycles. The van der Waals surface area contributed by atoms with E-state index in [1.54, 1.807) is 0 Å². The highest BCUT2D eigenvalue weighted by molar-refractivity contribution is 9.10. The molecule has 1 aromatic heterocycles. The van der Waals surface area contributed by atoms with Gasteiger partial charge in [-0.1, -0.05) is 28.9 Å². The molecule has 3 nitrogen and oxygen atoms in total. The Morgan fingerprint density at radius 2 is 2.16 bits per heavy atom. The molecule has 1 aromatic carbocycles. The molecule has 0 fully saturated rings. The highest BCUT2D eigenvalue weighted by atomic mass is 79.9. The van der Waals surface area contributed by atoms with Gasteiger partial charge < -0.3 is 9.73 Å². The third-order valence-corrected chi connectivity index (χ3v) is 3.45. The number of halogens is 1. The van der Waals surface area contributed by atoms with E-state index in [-0.39, 0.29) is 0 Å². The minimum absolute atomic E-state index is 0.790. The van der Waals surface area contributed by atoms with Gasteiger partial charge in [0.05, 0.1) is 6.20 Å². The number of aryl methyl sites for hydroxylation is 1. The molecule has 2 aromatic rings. The van der Waals surface area contributed by atoms with Crippen molar-refractivity contribution in [2.24, 2.45) is 0 Å². The van der Waals surface area contributed by atoms with Gasteiger partial charge in [-0.3, -0.25) is 0 Å². The van der Waals surface area contributed by atoms with Gasteiger partial charge in [-0.05, 0) is 37.6 Å². The number of aromatic nitrogens is 1. The number of rotatable bonds is 6. The minimum atomic E-state index is 0.790. The predicted octanol–water partition coefficient (Wildman–Crippen LogP) is 3.95. The summed E-state index contributed by atoms with van der Waals surface area (Å²) in [4.78, 5) is 4.34. The molecular formula is C15H19BrN2O. The molecule has 0 saturated heterocycles. The lowest BCUT2D eigenvalue weighted by Gasteiger charge is -2.03. The van der Waals surface area contributed by atoms with Gasteiger partial charge in [0.2, 0.25) is 0 Å². The summed E-state index contributed by atoms with van der Waals surface area (Å²) in [6.07, 6.45) is 3.78. The van der Waals surface area contributed by atoms with Crippen molar-refractivity contribution in [3.05, 3.63) is 40.3 Å². The van der Waals surface area contributed by atoms with E-state index in [9.17, 15) is 0 Å². The fourth-order valence-electron chi connectivity index (χ4n) is 1.91. The first kappa shape index (κ1) is 14.3. The van der Waals surface area contributed by atoms with E-state index in [1.165, 1.54) is 5.56 Å². The van der Waals surface area contributed by atoms with Crippen molar-refractivity contribution in [3.8, 4) is 11.3 Å². The lowest BCUT2D eigenvalue weighted by Crippen LogP contribution is -2.17. The highest BCUT2D eigenvalue weighted by Crippen LogP contribution is 2.27. The molecule has 102 valence electrons. The van der Waals surface area contributed by atoms with Gasteiger partial charge >= 0.3 is 0 Å². The van der Waals surface area contributed by atoms with E-state index >= 15 is 0 Å². The van der Waals surface area contributed by atoms with Crippen LogP contribution in [-0.2, 0) is 6.42 Å². The van der Waals surface area contributed by atoms with Crippen LogP contribution < -0.4 is 5.32 Å². The third kappa shape index (κ3) is 3.91. The lowest BCUT2D eigenvalue weighted by molar-refractivity contribution is 0.494. The molecule has 0 unspecified atom stereocenters. The number of nitrogens with zero attached hydrogens (tertiary/aromatic N) is 1. The second kappa shape index (κ2) is 6.87. The molecular weight excluding hydrogens is 304 g/mol. The van der Waals surface area contributed by atoms with Crippen molar-refractivity contribution < 1.29 is 4.42 Å². The van der Waals surface area contributed by atoms with Crippen molar-refractivity contribution >= 4 is 15.9 Å². The molecule has 0 aliphatic carbocycles. The van der Waals surface area contributed by atoms with E-state index in [0.29, 0.717) is 0 Å². The van der Waals surface area contributed by atoms with Gasteiger partial charge in [0.15, 0.2) is 11.7 Å². The first-order valence-corrected chi connectivity index (χ1v) is 7.42. The molecule has 0 radical (unpaired) electrons. The Bertz CT molecular complexity index is 537. The van der Waals surface area contributed by atoms with E-state index in [1.807, 2.05) is 12.3 Å². The van der Waals surface area contributed by atoms with E-state index in [2.05, 4.69) is 52.2 Å². The zero-order valence-corrected chi connectivity index (χ0v) is 13.0. The second-order valence-electron chi connectivity index (χ2n) is 4.58. The molecule has 19 heavy (non-hydrogen) atoms. The normalized spacial score (nSPS) is 10.9. The summed E-state index contributed by atoms with van der Waals surface area (Å²) in [5, 5.41) is 3.35. The maximum atomic E-state index is 5.81. The van der Waals surface area contributed by atoms with Crippen LogP contribution in [-0.4, -0.2) is 18.1 Å². The number of nitrogens with one attached hydrogen (secondary N) is 1. The van der Waals surface area contributed by atoms with Crippen LogP contribution in [0.3, 0.4) is 0 Å². The number of hydrogen-bond acceptors (Lipinski definition) is 3. The van der Waals surface area contributed by atoms with Gasteiger partial charge in [0.25, 0.3) is 0 Å². The average Bonchev–Trinajstić information content (AvgIpc) is 2.86. The van der Waals surface area contributed by atoms with Gasteiger partial charge in [-0.25, -0.2) is 4.98 Å². The lowest BCUT2D eigenvalue weighted by atomic mass is 10.1. The molecule has 0 atom stereocenters. The topological polar surface area (TPSA) is 38.1 Å². The number of oxazole rings is 1. The molecule has 2 rings (SSSR count). The molecule has 0 amide bonds. The van der Waals surface area contributed by atoms with Crippen LogP contribution in [0.25, 0.3) is 11.3 Å². The van der Waals surface area contributed by atoms with Crippen LogP contribution in [0.4, 0.5) is 0 Å². The Morgan fingerprint density at radius 1 is 1.32 bits per heavy atom. The van der Waals surface area contributed by atoms with Crippen molar-refractivity contribution in [1.82, 2.24) is 10.3 Å². The first-order valence-electron chi connectivity index (χ1n) is 6.62. The van der Waals surface area contributed by atoms with Crippen LogP contribution in [0.5, 0.6) is 0 Å². The highest BCUT2D eigenvalue weighted by Gasteiger charge is 2.09. The maximum absolute atomic E-state index is 5.81. The summed E-state index contributed by atoms with van der Waals surface area (Å²) in [5.41, 5.74) is 2.28. The van der Waals surface area contributed by atoms with Gasteiger partial charge in [-0.2, -0.15) is 0 Å². The number of hydrogen-bond donors (Lipinski definition) is 1. The van der Waals surface area contributed by atoms with Crippen LogP contribution in [0.1, 0.15) is 24.8 Å². The Balaban J connectivity index is 2.06. The summed E-state index contributed by atoms with van der Waals surface area (Å²) < 4.78 is 6.87. The average molecular weight is 323 g/mol. The summed E-state index contributed by atoms with van der Waals surface area (Å²) in [6.45, 7) is 6.18.